The summed E-state index contributed by atoms with van der Waals surface area (Å²) in [5.74, 6) is -0.112. The third-order valence-electron chi connectivity index (χ3n) is 2.95. The SMILES string of the molecule is Cc1cc(Cl)cnc1N1CC(CS(N)(=O)=O)CC1=O. The van der Waals surface area contributed by atoms with E-state index in [9.17, 15) is 13.2 Å². The molecule has 8 heteroatoms. The van der Waals surface area contributed by atoms with E-state index in [0.29, 0.717) is 17.4 Å². The Morgan fingerprint density at radius 2 is 2.26 bits per heavy atom. The topological polar surface area (TPSA) is 93.4 Å². The molecule has 1 aromatic rings. The fourth-order valence-corrected chi connectivity index (χ4v) is 3.34. The van der Waals surface area contributed by atoms with E-state index in [-0.39, 0.29) is 24.0 Å². The molecule has 6 nitrogen and oxygen atoms in total. The maximum atomic E-state index is 11.9. The third-order valence-corrected chi connectivity index (χ3v) is 4.09. The lowest BCUT2D eigenvalue weighted by molar-refractivity contribution is -0.117. The van der Waals surface area contributed by atoms with Gasteiger partial charge in [0.1, 0.15) is 5.82 Å². The van der Waals surface area contributed by atoms with Gasteiger partial charge in [0.05, 0.1) is 10.8 Å². The summed E-state index contributed by atoms with van der Waals surface area (Å²) < 4.78 is 22.1. The molecular formula is C11H14ClN3O3S. The number of halogens is 1. The van der Waals surface area contributed by atoms with Gasteiger partial charge in [0.15, 0.2) is 0 Å². The number of pyridine rings is 1. The summed E-state index contributed by atoms with van der Waals surface area (Å²) in [6, 6.07) is 1.71. The van der Waals surface area contributed by atoms with Crippen molar-refractivity contribution in [3.05, 3.63) is 22.8 Å². The zero-order valence-electron chi connectivity index (χ0n) is 10.3. The number of rotatable bonds is 3. The molecule has 1 aromatic heterocycles. The van der Waals surface area contributed by atoms with Gasteiger partial charge >= 0.3 is 0 Å². The number of nitrogens with two attached hydrogens (primary N) is 1. The van der Waals surface area contributed by atoms with E-state index >= 15 is 0 Å². The molecule has 19 heavy (non-hydrogen) atoms. The molecule has 2 heterocycles. The summed E-state index contributed by atoms with van der Waals surface area (Å²) in [5.41, 5.74) is 0.775. The second-order valence-corrected chi connectivity index (χ2v) is 6.79. The van der Waals surface area contributed by atoms with Crippen LogP contribution >= 0.6 is 11.6 Å². The van der Waals surface area contributed by atoms with Gasteiger partial charge in [-0.05, 0) is 18.6 Å². The van der Waals surface area contributed by atoms with Crippen molar-refractivity contribution in [1.82, 2.24) is 4.98 Å². The summed E-state index contributed by atoms with van der Waals surface area (Å²) >= 11 is 5.81. The highest BCUT2D eigenvalue weighted by atomic mass is 35.5. The predicted molar refractivity (Wildman–Crippen MR) is 72.4 cm³/mol. The maximum Gasteiger partial charge on any atom is 0.228 e. The van der Waals surface area contributed by atoms with Crippen LogP contribution in [0.4, 0.5) is 5.82 Å². The Balaban J connectivity index is 2.20. The Labute approximate surface area is 116 Å². The lowest BCUT2D eigenvalue weighted by Gasteiger charge is -2.17. The number of hydrogen-bond acceptors (Lipinski definition) is 4. The van der Waals surface area contributed by atoms with Crippen molar-refractivity contribution >= 4 is 33.3 Å². The van der Waals surface area contributed by atoms with Crippen molar-refractivity contribution in [1.29, 1.82) is 0 Å². The van der Waals surface area contributed by atoms with Crippen molar-refractivity contribution in [3.8, 4) is 0 Å². The number of aryl methyl sites for hydroxylation is 1. The summed E-state index contributed by atoms with van der Waals surface area (Å²) in [7, 11) is -3.57. The van der Waals surface area contributed by atoms with Gasteiger partial charge in [0, 0.05) is 25.1 Å². The highest BCUT2D eigenvalue weighted by Crippen LogP contribution is 2.27. The summed E-state index contributed by atoms with van der Waals surface area (Å²) in [4.78, 5) is 17.5. The van der Waals surface area contributed by atoms with Gasteiger partial charge in [-0.3, -0.25) is 9.69 Å². The number of aromatic nitrogens is 1. The van der Waals surface area contributed by atoms with E-state index in [0.717, 1.165) is 5.56 Å². The maximum absolute atomic E-state index is 11.9. The van der Waals surface area contributed by atoms with Crippen LogP contribution in [0.2, 0.25) is 5.02 Å². The van der Waals surface area contributed by atoms with Crippen molar-refractivity contribution in [3.63, 3.8) is 0 Å². The van der Waals surface area contributed by atoms with Crippen LogP contribution in [-0.4, -0.2) is 31.6 Å². The minimum atomic E-state index is -3.57. The molecule has 1 atom stereocenters. The van der Waals surface area contributed by atoms with Gasteiger partial charge < -0.3 is 0 Å². The molecule has 0 spiro atoms. The van der Waals surface area contributed by atoms with Crippen LogP contribution in [0.15, 0.2) is 12.3 Å². The Bertz CT molecular complexity index is 618. The van der Waals surface area contributed by atoms with Crippen molar-refractivity contribution < 1.29 is 13.2 Å². The van der Waals surface area contributed by atoms with Crippen LogP contribution < -0.4 is 10.0 Å². The monoisotopic (exact) mass is 303 g/mol. The number of hydrogen-bond donors (Lipinski definition) is 1. The Hall–Kier alpha value is -1.18. The van der Waals surface area contributed by atoms with Crippen LogP contribution in [0, 0.1) is 12.8 Å². The molecule has 1 saturated heterocycles. The van der Waals surface area contributed by atoms with Gasteiger partial charge in [-0.2, -0.15) is 0 Å². The first-order valence-electron chi connectivity index (χ1n) is 5.69. The predicted octanol–water partition coefficient (Wildman–Crippen LogP) is 0.685. The molecule has 0 radical (unpaired) electrons. The molecule has 1 unspecified atom stereocenters. The number of anilines is 1. The fraction of sp³-hybridized carbons (Fsp3) is 0.455. The van der Waals surface area contributed by atoms with Gasteiger partial charge in [0.25, 0.3) is 0 Å². The molecular weight excluding hydrogens is 290 g/mol. The highest BCUT2D eigenvalue weighted by Gasteiger charge is 2.34. The summed E-state index contributed by atoms with van der Waals surface area (Å²) in [6.45, 7) is 2.11. The average Bonchev–Trinajstić information content (AvgIpc) is 2.56. The molecule has 2 rings (SSSR count). The second-order valence-electron chi connectivity index (χ2n) is 4.70. The number of carbonyl (C=O) groups is 1. The Morgan fingerprint density at radius 3 is 2.84 bits per heavy atom. The van der Waals surface area contributed by atoms with E-state index in [1.165, 1.54) is 11.1 Å². The third kappa shape index (κ3) is 3.43. The van der Waals surface area contributed by atoms with Gasteiger partial charge in [-0.25, -0.2) is 18.5 Å². The first kappa shape index (κ1) is 14.2. The molecule has 1 aliphatic heterocycles. The standard InChI is InChI=1S/C11H14ClN3O3S/c1-7-2-9(12)4-14-11(7)15-5-8(3-10(15)16)6-19(13,17)18/h2,4,8H,3,5-6H2,1H3,(H2,13,17,18). The minimum Gasteiger partial charge on any atom is -0.296 e. The molecule has 1 fully saturated rings. The number of nitrogens with zero attached hydrogens (tertiary/aromatic N) is 2. The zero-order valence-corrected chi connectivity index (χ0v) is 11.9. The van der Waals surface area contributed by atoms with Crippen molar-refractivity contribution in [2.24, 2.45) is 11.1 Å². The largest absolute Gasteiger partial charge is 0.296 e. The number of amides is 1. The number of sulfonamides is 1. The van der Waals surface area contributed by atoms with Crippen LogP contribution in [0.3, 0.4) is 0 Å². The fourth-order valence-electron chi connectivity index (χ4n) is 2.24. The Kier molecular flexibility index (Phi) is 3.80. The molecule has 1 aliphatic rings. The molecule has 0 aliphatic carbocycles. The highest BCUT2D eigenvalue weighted by molar-refractivity contribution is 7.89. The Morgan fingerprint density at radius 1 is 1.58 bits per heavy atom. The van der Waals surface area contributed by atoms with Crippen LogP contribution in [0.5, 0.6) is 0 Å². The normalized spacial score (nSPS) is 20.1. The molecule has 2 N–H and O–H groups in total. The van der Waals surface area contributed by atoms with E-state index in [4.69, 9.17) is 16.7 Å². The molecule has 0 bridgehead atoms. The van der Waals surface area contributed by atoms with E-state index in [2.05, 4.69) is 4.98 Å². The van der Waals surface area contributed by atoms with Gasteiger partial charge in [-0.15, -0.1) is 0 Å². The van der Waals surface area contributed by atoms with Crippen molar-refractivity contribution in [2.75, 3.05) is 17.2 Å². The van der Waals surface area contributed by atoms with E-state index in [1.54, 1.807) is 13.0 Å². The lowest BCUT2D eigenvalue weighted by Crippen LogP contribution is -2.28. The molecule has 1 amide bonds. The average molecular weight is 304 g/mol. The number of carbonyl (C=O) groups excluding carboxylic acids is 1. The second kappa shape index (κ2) is 5.07. The molecule has 0 saturated carbocycles. The van der Waals surface area contributed by atoms with Crippen LogP contribution in [0.25, 0.3) is 0 Å². The number of primary sulfonamides is 1. The molecule has 104 valence electrons. The lowest BCUT2D eigenvalue weighted by atomic mass is 10.1. The minimum absolute atomic E-state index is 0.147. The quantitative estimate of drug-likeness (QED) is 0.888. The van der Waals surface area contributed by atoms with E-state index in [1.807, 2.05) is 0 Å². The molecule has 0 aromatic carbocycles. The summed E-state index contributed by atoms with van der Waals surface area (Å²) in [5, 5.41) is 5.50. The first-order valence-corrected chi connectivity index (χ1v) is 7.78. The van der Waals surface area contributed by atoms with Gasteiger partial charge in [-0.1, -0.05) is 11.6 Å². The zero-order chi connectivity index (χ0) is 14.2. The van der Waals surface area contributed by atoms with Crippen molar-refractivity contribution in [2.45, 2.75) is 13.3 Å². The van der Waals surface area contributed by atoms with Crippen LogP contribution in [0.1, 0.15) is 12.0 Å². The van der Waals surface area contributed by atoms with Gasteiger partial charge in [0.2, 0.25) is 15.9 Å². The van der Waals surface area contributed by atoms with Crippen LogP contribution in [-0.2, 0) is 14.8 Å². The first-order chi connectivity index (χ1) is 8.76. The smallest absolute Gasteiger partial charge is 0.228 e. The summed E-state index contributed by atoms with van der Waals surface area (Å²) in [6.07, 6.45) is 1.63. The van der Waals surface area contributed by atoms with E-state index < -0.39 is 10.0 Å².